The summed E-state index contributed by atoms with van der Waals surface area (Å²) in [6.45, 7) is 0.0681. The molecule has 0 aliphatic heterocycles. The highest BCUT2D eigenvalue weighted by atomic mass is 35.5. The minimum atomic E-state index is -0.0771. The molecule has 0 aromatic heterocycles. The lowest BCUT2D eigenvalue weighted by atomic mass is 10.1. The van der Waals surface area contributed by atoms with Crippen LogP contribution in [0, 0.1) is 0 Å². The second kappa shape index (κ2) is 5.14. The van der Waals surface area contributed by atoms with E-state index in [2.05, 4.69) is 17.4 Å². The van der Waals surface area contributed by atoms with E-state index in [0.717, 1.165) is 12.8 Å². The third-order valence-corrected chi connectivity index (χ3v) is 2.65. The van der Waals surface area contributed by atoms with Gasteiger partial charge in [-0.2, -0.15) is 0 Å². The number of aryl methyl sites for hydroxylation is 1. The molecule has 15 heavy (non-hydrogen) atoms. The van der Waals surface area contributed by atoms with Gasteiger partial charge in [0, 0.05) is 0 Å². The Morgan fingerprint density at radius 3 is 2.93 bits per heavy atom. The Kier molecular flexibility index (Phi) is 4.12. The van der Waals surface area contributed by atoms with E-state index >= 15 is 0 Å². The molecule has 3 N–H and O–H groups in total. The number of rotatable bonds is 2. The molecule has 2 rings (SSSR count). The molecule has 0 saturated carbocycles. The molecule has 0 heterocycles. The molecular formula is C11H15ClN2O. The van der Waals surface area contributed by atoms with Crippen LogP contribution in [-0.4, -0.2) is 12.5 Å². The predicted molar refractivity (Wildman–Crippen MR) is 61.9 cm³/mol. The van der Waals surface area contributed by atoms with Gasteiger partial charge in [0.15, 0.2) is 0 Å². The molecule has 4 heteroatoms. The monoisotopic (exact) mass is 226 g/mol. The zero-order valence-corrected chi connectivity index (χ0v) is 9.22. The summed E-state index contributed by atoms with van der Waals surface area (Å²) in [7, 11) is 0. The second-order valence-corrected chi connectivity index (χ2v) is 3.56. The van der Waals surface area contributed by atoms with Crippen LogP contribution in [0.3, 0.4) is 0 Å². The minimum Gasteiger partial charge on any atom is -0.348 e. The fourth-order valence-corrected chi connectivity index (χ4v) is 1.96. The fourth-order valence-electron chi connectivity index (χ4n) is 1.96. The Balaban J connectivity index is 0.00000112. The van der Waals surface area contributed by atoms with Crippen LogP contribution in [-0.2, 0) is 11.2 Å². The molecule has 0 bridgehead atoms. The molecule has 0 unspecified atom stereocenters. The van der Waals surface area contributed by atoms with Crippen molar-refractivity contribution in [2.45, 2.75) is 18.9 Å². The number of amides is 1. The summed E-state index contributed by atoms with van der Waals surface area (Å²) in [6, 6.07) is 8.40. The molecule has 0 saturated heterocycles. The average molecular weight is 227 g/mol. The summed E-state index contributed by atoms with van der Waals surface area (Å²) >= 11 is 0. The summed E-state index contributed by atoms with van der Waals surface area (Å²) in [5.74, 6) is -0.0771. The normalized spacial score (nSPS) is 17.8. The summed E-state index contributed by atoms with van der Waals surface area (Å²) < 4.78 is 0. The van der Waals surface area contributed by atoms with Gasteiger partial charge in [0.25, 0.3) is 0 Å². The van der Waals surface area contributed by atoms with Gasteiger partial charge in [-0.3, -0.25) is 4.79 Å². The van der Waals surface area contributed by atoms with Gasteiger partial charge in [0.2, 0.25) is 5.91 Å². The summed E-state index contributed by atoms with van der Waals surface area (Å²) in [4.78, 5) is 11.1. The molecule has 1 aromatic rings. The third kappa shape index (κ3) is 2.49. The Labute approximate surface area is 95.5 Å². The maximum absolute atomic E-state index is 11.1. The standard InChI is InChI=1S/C11H14N2O.ClH/c12-7-11(14)13-10-6-5-8-3-1-2-4-9(8)10;/h1-4,10H,5-7,12H2,(H,13,14);1H/t10-;/m1./s1. The van der Waals surface area contributed by atoms with Crippen molar-refractivity contribution in [3.63, 3.8) is 0 Å². The topological polar surface area (TPSA) is 55.1 Å². The van der Waals surface area contributed by atoms with Crippen LogP contribution in [0.4, 0.5) is 0 Å². The average Bonchev–Trinajstić information content (AvgIpc) is 2.62. The number of halogens is 1. The van der Waals surface area contributed by atoms with Gasteiger partial charge in [0.1, 0.15) is 0 Å². The van der Waals surface area contributed by atoms with E-state index in [9.17, 15) is 4.79 Å². The summed E-state index contributed by atoms with van der Waals surface area (Å²) in [5.41, 5.74) is 7.85. The van der Waals surface area contributed by atoms with E-state index in [-0.39, 0.29) is 30.9 Å². The lowest BCUT2D eigenvalue weighted by molar-refractivity contribution is -0.120. The van der Waals surface area contributed by atoms with Crippen molar-refractivity contribution in [3.05, 3.63) is 35.4 Å². The zero-order chi connectivity index (χ0) is 9.97. The lowest BCUT2D eigenvalue weighted by Gasteiger charge is -2.12. The predicted octanol–water partition coefficient (Wildman–Crippen LogP) is 1.17. The number of hydrogen-bond acceptors (Lipinski definition) is 2. The molecule has 1 aliphatic carbocycles. The Bertz CT molecular complexity index is 354. The second-order valence-electron chi connectivity index (χ2n) is 3.56. The molecule has 1 atom stereocenters. The van der Waals surface area contributed by atoms with E-state index in [0.29, 0.717) is 0 Å². The van der Waals surface area contributed by atoms with Crippen LogP contribution >= 0.6 is 12.4 Å². The van der Waals surface area contributed by atoms with E-state index in [4.69, 9.17) is 5.73 Å². The van der Waals surface area contributed by atoms with E-state index in [1.165, 1.54) is 11.1 Å². The first-order chi connectivity index (χ1) is 6.81. The molecule has 1 amide bonds. The smallest absolute Gasteiger partial charge is 0.234 e. The number of benzene rings is 1. The van der Waals surface area contributed by atoms with Crippen LogP contribution in [0.2, 0.25) is 0 Å². The Hall–Kier alpha value is -1.06. The van der Waals surface area contributed by atoms with Crippen molar-refractivity contribution in [3.8, 4) is 0 Å². The van der Waals surface area contributed by atoms with Gasteiger partial charge in [-0.15, -0.1) is 12.4 Å². The van der Waals surface area contributed by atoms with Gasteiger partial charge < -0.3 is 11.1 Å². The minimum absolute atomic E-state index is 0. The molecule has 1 aliphatic rings. The third-order valence-electron chi connectivity index (χ3n) is 2.65. The largest absolute Gasteiger partial charge is 0.348 e. The first-order valence-corrected chi connectivity index (χ1v) is 4.88. The SMILES string of the molecule is Cl.NCC(=O)N[C@@H]1CCc2ccccc21. The number of fused-ring (bicyclic) bond motifs is 1. The quantitative estimate of drug-likeness (QED) is 0.796. The highest BCUT2D eigenvalue weighted by Gasteiger charge is 2.22. The van der Waals surface area contributed by atoms with Gasteiger partial charge in [-0.05, 0) is 24.0 Å². The Morgan fingerprint density at radius 1 is 1.47 bits per heavy atom. The van der Waals surface area contributed by atoms with Crippen molar-refractivity contribution in [2.24, 2.45) is 5.73 Å². The van der Waals surface area contributed by atoms with E-state index < -0.39 is 0 Å². The number of hydrogen-bond donors (Lipinski definition) is 2. The van der Waals surface area contributed by atoms with Crippen molar-refractivity contribution in [2.75, 3.05) is 6.54 Å². The lowest BCUT2D eigenvalue weighted by Crippen LogP contribution is -2.32. The first-order valence-electron chi connectivity index (χ1n) is 4.88. The number of carbonyl (C=O) groups excluding carboxylic acids is 1. The van der Waals surface area contributed by atoms with Gasteiger partial charge in [-0.1, -0.05) is 24.3 Å². The van der Waals surface area contributed by atoms with Crippen molar-refractivity contribution < 1.29 is 4.79 Å². The molecule has 3 nitrogen and oxygen atoms in total. The maximum Gasteiger partial charge on any atom is 0.234 e. The van der Waals surface area contributed by atoms with Gasteiger partial charge >= 0.3 is 0 Å². The number of nitrogens with two attached hydrogens (primary N) is 1. The van der Waals surface area contributed by atoms with Crippen molar-refractivity contribution in [1.29, 1.82) is 0 Å². The molecule has 0 fully saturated rings. The fraction of sp³-hybridized carbons (Fsp3) is 0.364. The highest BCUT2D eigenvalue weighted by molar-refractivity contribution is 5.85. The van der Waals surface area contributed by atoms with E-state index in [1.807, 2.05) is 12.1 Å². The molecular weight excluding hydrogens is 212 g/mol. The number of nitrogens with one attached hydrogen (secondary N) is 1. The maximum atomic E-state index is 11.1. The van der Waals surface area contributed by atoms with Crippen molar-refractivity contribution in [1.82, 2.24) is 5.32 Å². The Morgan fingerprint density at radius 2 is 2.20 bits per heavy atom. The molecule has 82 valence electrons. The van der Waals surface area contributed by atoms with Crippen LogP contribution in [0.25, 0.3) is 0 Å². The van der Waals surface area contributed by atoms with Crippen LogP contribution in [0.15, 0.2) is 24.3 Å². The summed E-state index contributed by atoms with van der Waals surface area (Å²) in [6.07, 6.45) is 2.04. The van der Waals surface area contributed by atoms with Crippen LogP contribution in [0.5, 0.6) is 0 Å². The molecule has 1 aromatic carbocycles. The van der Waals surface area contributed by atoms with Crippen molar-refractivity contribution >= 4 is 18.3 Å². The van der Waals surface area contributed by atoms with Crippen LogP contribution < -0.4 is 11.1 Å². The first kappa shape index (κ1) is 12.0. The molecule has 0 radical (unpaired) electrons. The number of carbonyl (C=O) groups is 1. The highest BCUT2D eigenvalue weighted by Crippen LogP contribution is 2.30. The van der Waals surface area contributed by atoms with Crippen LogP contribution in [0.1, 0.15) is 23.6 Å². The molecule has 0 spiro atoms. The van der Waals surface area contributed by atoms with Gasteiger partial charge in [-0.25, -0.2) is 0 Å². The summed E-state index contributed by atoms with van der Waals surface area (Å²) in [5, 5.41) is 2.92. The zero-order valence-electron chi connectivity index (χ0n) is 8.40. The van der Waals surface area contributed by atoms with Gasteiger partial charge in [0.05, 0.1) is 12.6 Å². The van der Waals surface area contributed by atoms with E-state index in [1.54, 1.807) is 0 Å².